The Morgan fingerprint density at radius 1 is 1.22 bits per heavy atom. The fourth-order valence-corrected chi connectivity index (χ4v) is 2.20. The van der Waals surface area contributed by atoms with E-state index in [1.54, 1.807) is 6.07 Å². The van der Waals surface area contributed by atoms with Gasteiger partial charge in [0.15, 0.2) is 0 Å². The van der Waals surface area contributed by atoms with Crippen molar-refractivity contribution in [3.05, 3.63) is 30.1 Å². The zero-order valence-electron chi connectivity index (χ0n) is 10.4. The average molecular weight is 250 g/mol. The maximum absolute atomic E-state index is 13.6. The Bertz CT molecular complexity index is 413. The van der Waals surface area contributed by atoms with Gasteiger partial charge in [0.1, 0.15) is 5.82 Å². The summed E-state index contributed by atoms with van der Waals surface area (Å²) in [4.78, 5) is 4.33. The van der Waals surface area contributed by atoms with E-state index >= 15 is 0 Å². The molecule has 1 aliphatic heterocycles. The van der Waals surface area contributed by atoms with Crippen molar-refractivity contribution in [2.45, 2.75) is 6.42 Å². The third-order valence-electron chi connectivity index (χ3n) is 3.26. The number of para-hydroxylation sites is 1. The lowest BCUT2D eigenvalue weighted by atomic mass is 10.2. The van der Waals surface area contributed by atoms with Crippen molar-refractivity contribution in [3.63, 3.8) is 0 Å². The number of hydrogen-bond donors (Lipinski definition) is 2. The van der Waals surface area contributed by atoms with Gasteiger partial charge in [-0.15, -0.1) is 0 Å². The number of halogens is 1. The van der Waals surface area contributed by atoms with Crippen LogP contribution in [0, 0.1) is 11.2 Å². The smallest absolute Gasteiger partial charge is 0.146 e. The highest BCUT2D eigenvalue weighted by Gasteiger charge is 2.18. The Hall–Kier alpha value is -1.62. The van der Waals surface area contributed by atoms with E-state index in [1.807, 2.05) is 12.1 Å². The van der Waals surface area contributed by atoms with Gasteiger partial charge in [-0.05, 0) is 12.1 Å². The van der Waals surface area contributed by atoms with E-state index in [4.69, 9.17) is 11.1 Å². The quantitative estimate of drug-likeness (QED) is 0.625. The minimum Gasteiger partial charge on any atom is -0.388 e. The first-order valence-corrected chi connectivity index (χ1v) is 6.21. The molecule has 0 amide bonds. The summed E-state index contributed by atoms with van der Waals surface area (Å²) in [5.74, 6) is 0.0706. The molecule has 3 N–H and O–H groups in total. The van der Waals surface area contributed by atoms with Crippen LogP contribution < -0.4 is 10.6 Å². The zero-order valence-corrected chi connectivity index (χ0v) is 10.4. The van der Waals surface area contributed by atoms with E-state index in [2.05, 4.69) is 9.80 Å². The highest BCUT2D eigenvalue weighted by atomic mass is 19.1. The second-order valence-electron chi connectivity index (χ2n) is 4.56. The highest BCUT2D eigenvalue weighted by Crippen LogP contribution is 2.19. The molecule has 0 aromatic heterocycles. The largest absolute Gasteiger partial charge is 0.388 e. The van der Waals surface area contributed by atoms with Crippen LogP contribution in [0.5, 0.6) is 0 Å². The summed E-state index contributed by atoms with van der Waals surface area (Å²) in [6.45, 7) is 4.24. The zero-order chi connectivity index (χ0) is 13.0. The van der Waals surface area contributed by atoms with Crippen molar-refractivity contribution < 1.29 is 4.39 Å². The lowest BCUT2D eigenvalue weighted by Gasteiger charge is -2.36. The molecule has 0 atom stereocenters. The molecule has 0 unspecified atom stereocenters. The van der Waals surface area contributed by atoms with Gasteiger partial charge in [-0.25, -0.2) is 4.39 Å². The normalized spacial score (nSPS) is 16.8. The number of nitrogens with one attached hydrogen (secondary N) is 1. The van der Waals surface area contributed by atoms with Gasteiger partial charge in [0.2, 0.25) is 0 Å². The summed E-state index contributed by atoms with van der Waals surface area (Å²) in [6.07, 6.45) is 0.611. The minimum atomic E-state index is -0.158. The standard InChI is InChI=1S/C13H19FN4/c14-11-3-1-2-4-12(11)18-9-7-17(8-10-18)6-5-13(15)16/h1-4H,5-10H2,(H3,15,16). The van der Waals surface area contributed by atoms with Crippen LogP contribution in [0.15, 0.2) is 24.3 Å². The number of rotatable bonds is 4. The number of benzene rings is 1. The van der Waals surface area contributed by atoms with Gasteiger partial charge in [-0.2, -0.15) is 0 Å². The van der Waals surface area contributed by atoms with Crippen LogP contribution >= 0.6 is 0 Å². The molecule has 0 saturated carbocycles. The van der Waals surface area contributed by atoms with Crippen LogP contribution in [-0.2, 0) is 0 Å². The second kappa shape index (κ2) is 5.82. The van der Waals surface area contributed by atoms with Crippen LogP contribution in [0.1, 0.15) is 6.42 Å². The van der Waals surface area contributed by atoms with Crippen molar-refractivity contribution >= 4 is 11.5 Å². The van der Waals surface area contributed by atoms with Crippen molar-refractivity contribution in [3.8, 4) is 0 Å². The van der Waals surface area contributed by atoms with Crippen molar-refractivity contribution in [1.82, 2.24) is 4.90 Å². The van der Waals surface area contributed by atoms with Gasteiger partial charge >= 0.3 is 0 Å². The molecule has 98 valence electrons. The van der Waals surface area contributed by atoms with E-state index in [0.717, 1.165) is 32.7 Å². The van der Waals surface area contributed by atoms with E-state index in [-0.39, 0.29) is 11.7 Å². The molecule has 1 aromatic carbocycles. The topological polar surface area (TPSA) is 56.4 Å². The Balaban J connectivity index is 1.87. The molecule has 0 spiro atoms. The van der Waals surface area contributed by atoms with Crippen LogP contribution in [0.2, 0.25) is 0 Å². The van der Waals surface area contributed by atoms with Crippen LogP contribution in [0.3, 0.4) is 0 Å². The molecule has 2 rings (SSSR count). The first-order chi connectivity index (χ1) is 8.66. The lowest BCUT2D eigenvalue weighted by molar-refractivity contribution is 0.264. The molecular formula is C13H19FN4. The van der Waals surface area contributed by atoms with E-state index in [9.17, 15) is 4.39 Å². The fraction of sp³-hybridized carbons (Fsp3) is 0.462. The summed E-state index contributed by atoms with van der Waals surface area (Å²) in [7, 11) is 0. The number of piperazine rings is 1. The molecule has 0 bridgehead atoms. The van der Waals surface area contributed by atoms with Gasteiger partial charge in [-0.3, -0.25) is 10.3 Å². The summed E-state index contributed by atoms with van der Waals surface area (Å²) < 4.78 is 13.6. The van der Waals surface area contributed by atoms with E-state index in [0.29, 0.717) is 12.1 Å². The molecule has 1 fully saturated rings. The molecule has 1 saturated heterocycles. The average Bonchev–Trinajstić information content (AvgIpc) is 2.38. The van der Waals surface area contributed by atoms with Gasteiger partial charge in [0.25, 0.3) is 0 Å². The third kappa shape index (κ3) is 3.20. The predicted octanol–water partition coefficient (Wildman–Crippen LogP) is 1.27. The fourth-order valence-electron chi connectivity index (χ4n) is 2.20. The lowest BCUT2D eigenvalue weighted by Crippen LogP contribution is -2.47. The van der Waals surface area contributed by atoms with Gasteiger partial charge in [0, 0.05) is 39.1 Å². The Morgan fingerprint density at radius 2 is 1.89 bits per heavy atom. The molecule has 1 aliphatic rings. The molecular weight excluding hydrogens is 231 g/mol. The number of amidine groups is 1. The third-order valence-corrected chi connectivity index (χ3v) is 3.26. The monoisotopic (exact) mass is 250 g/mol. The predicted molar refractivity (Wildman–Crippen MR) is 71.6 cm³/mol. The van der Waals surface area contributed by atoms with Crippen molar-refractivity contribution in [2.24, 2.45) is 5.73 Å². The Morgan fingerprint density at radius 3 is 2.50 bits per heavy atom. The summed E-state index contributed by atoms with van der Waals surface area (Å²) >= 11 is 0. The Labute approximate surface area is 107 Å². The van der Waals surface area contributed by atoms with Gasteiger partial charge in [-0.1, -0.05) is 12.1 Å². The van der Waals surface area contributed by atoms with E-state index in [1.165, 1.54) is 6.07 Å². The van der Waals surface area contributed by atoms with Crippen molar-refractivity contribution in [1.29, 1.82) is 5.41 Å². The molecule has 18 heavy (non-hydrogen) atoms. The summed E-state index contributed by atoms with van der Waals surface area (Å²) in [5, 5.41) is 7.21. The second-order valence-corrected chi connectivity index (χ2v) is 4.56. The minimum absolute atomic E-state index is 0.158. The maximum atomic E-state index is 13.6. The van der Waals surface area contributed by atoms with Crippen LogP contribution in [0.4, 0.5) is 10.1 Å². The first kappa shape index (κ1) is 12.8. The molecule has 0 aliphatic carbocycles. The van der Waals surface area contributed by atoms with Gasteiger partial charge in [0.05, 0.1) is 11.5 Å². The number of hydrogen-bond acceptors (Lipinski definition) is 3. The maximum Gasteiger partial charge on any atom is 0.146 e. The molecule has 5 heteroatoms. The number of anilines is 1. The van der Waals surface area contributed by atoms with Gasteiger partial charge < -0.3 is 10.6 Å². The number of nitrogens with zero attached hydrogens (tertiary/aromatic N) is 2. The first-order valence-electron chi connectivity index (χ1n) is 6.21. The Kier molecular flexibility index (Phi) is 4.15. The molecule has 1 heterocycles. The highest BCUT2D eigenvalue weighted by molar-refractivity contribution is 5.76. The summed E-state index contributed by atoms with van der Waals surface area (Å²) in [6, 6.07) is 6.89. The van der Waals surface area contributed by atoms with Crippen molar-refractivity contribution in [2.75, 3.05) is 37.6 Å². The van der Waals surface area contributed by atoms with Crippen LogP contribution in [-0.4, -0.2) is 43.5 Å². The number of nitrogens with two attached hydrogens (primary N) is 1. The molecule has 0 radical (unpaired) electrons. The molecule has 1 aromatic rings. The van der Waals surface area contributed by atoms with E-state index < -0.39 is 0 Å². The summed E-state index contributed by atoms with van der Waals surface area (Å²) in [5.41, 5.74) is 6.03. The molecule has 4 nitrogen and oxygen atoms in total. The van der Waals surface area contributed by atoms with Crippen LogP contribution in [0.25, 0.3) is 0 Å². The SMILES string of the molecule is N=C(N)CCN1CCN(c2ccccc2F)CC1.